The second kappa shape index (κ2) is 10.5. The van der Waals surface area contributed by atoms with E-state index in [0.717, 1.165) is 34.0 Å². The summed E-state index contributed by atoms with van der Waals surface area (Å²) in [5, 5.41) is 0. The molecule has 0 aliphatic carbocycles. The Labute approximate surface area is 218 Å². The highest BCUT2D eigenvalue weighted by atomic mass is 16.5. The zero-order valence-corrected chi connectivity index (χ0v) is 22.6. The van der Waals surface area contributed by atoms with Gasteiger partial charge in [-0.05, 0) is 88.1 Å². The number of rotatable bonds is 7. The number of hydrogen-bond donors (Lipinski definition) is 0. The fourth-order valence-electron chi connectivity index (χ4n) is 5.05. The van der Waals surface area contributed by atoms with E-state index in [2.05, 4.69) is 42.7 Å². The first-order chi connectivity index (χ1) is 17.7. The first-order valence-electron chi connectivity index (χ1n) is 12.4. The molecule has 1 aliphatic rings. The van der Waals surface area contributed by atoms with Crippen LogP contribution in [0.2, 0.25) is 0 Å². The van der Waals surface area contributed by atoms with Crippen molar-refractivity contribution in [1.29, 1.82) is 0 Å². The van der Waals surface area contributed by atoms with E-state index in [0.29, 0.717) is 29.8 Å². The maximum atomic E-state index is 13.6. The van der Waals surface area contributed by atoms with Gasteiger partial charge in [0.1, 0.15) is 5.75 Å². The minimum absolute atomic E-state index is 0.192. The van der Waals surface area contributed by atoms with Crippen LogP contribution in [0.15, 0.2) is 65.4 Å². The van der Waals surface area contributed by atoms with Gasteiger partial charge in [0.05, 0.1) is 25.4 Å². The minimum atomic E-state index is -0.507. The highest BCUT2D eigenvalue weighted by Crippen LogP contribution is 2.33. The van der Waals surface area contributed by atoms with E-state index in [1.54, 1.807) is 18.9 Å². The molecule has 0 fully saturated rings. The number of carbonyl (C=O) groups excluding carboxylic acids is 2. The SMILES string of the molecule is COC(=O)C1=C(C)N(CCc2ccc(OC)cc2)C(=O)/C1=C\c1cc(C)n(-c2ccc(C)cc2C)c1C. The maximum absolute atomic E-state index is 13.6. The first kappa shape index (κ1) is 26.0. The molecule has 0 spiro atoms. The summed E-state index contributed by atoms with van der Waals surface area (Å²) >= 11 is 0. The number of nitrogens with zero attached hydrogens (tertiary/aromatic N) is 2. The molecular weight excluding hydrogens is 464 g/mol. The second-order valence-corrected chi connectivity index (χ2v) is 9.52. The van der Waals surface area contributed by atoms with Gasteiger partial charge in [0.15, 0.2) is 0 Å². The number of methoxy groups -OCH3 is 2. The fraction of sp³-hybridized carbons (Fsp3) is 0.290. The summed E-state index contributed by atoms with van der Waals surface area (Å²) in [4.78, 5) is 28.1. The van der Waals surface area contributed by atoms with Gasteiger partial charge in [-0.3, -0.25) is 4.79 Å². The Balaban J connectivity index is 1.70. The van der Waals surface area contributed by atoms with Crippen LogP contribution < -0.4 is 4.74 Å². The average molecular weight is 499 g/mol. The molecule has 4 rings (SSSR count). The van der Waals surface area contributed by atoms with Crippen molar-refractivity contribution in [2.45, 2.75) is 41.0 Å². The summed E-state index contributed by atoms with van der Waals surface area (Å²) < 4.78 is 12.5. The van der Waals surface area contributed by atoms with Crippen molar-refractivity contribution in [3.63, 3.8) is 0 Å². The van der Waals surface area contributed by atoms with E-state index in [1.807, 2.05) is 44.2 Å². The van der Waals surface area contributed by atoms with E-state index in [9.17, 15) is 9.59 Å². The number of esters is 1. The highest BCUT2D eigenvalue weighted by Gasteiger charge is 2.37. The van der Waals surface area contributed by atoms with Gasteiger partial charge in [-0.15, -0.1) is 0 Å². The number of carbonyl (C=O) groups is 2. The summed E-state index contributed by atoms with van der Waals surface area (Å²) in [6.07, 6.45) is 2.48. The predicted molar refractivity (Wildman–Crippen MR) is 146 cm³/mol. The number of benzene rings is 2. The second-order valence-electron chi connectivity index (χ2n) is 9.52. The lowest BCUT2D eigenvalue weighted by Gasteiger charge is -2.18. The van der Waals surface area contributed by atoms with E-state index in [-0.39, 0.29) is 5.91 Å². The van der Waals surface area contributed by atoms with Crippen molar-refractivity contribution < 1.29 is 19.1 Å². The number of aryl methyl sites for hydroxylation is 3. The van der Waals surface area contributed by atoms with E-state index in [1.165, 1.54) is 18.2 Å². The molecular formula is C31H34N2O4. The van der Waals surface area contributed by atoms with Crippen molar-refractivity contribution in [2.75, 3.05) is 20.8 Å². The number of aromatic nitrogens is 1. The average Bonchev–Trinajstić information content (AvgIpc) is 3.28. The highest BCUT2D eigenvalue weighted by molar-refractivity contribution is 6.16. The molecule has 0 atom stereocenters. The lowest BCUT2D eigenvalue weighted by molar-refractivity contribution is -0.136. The van der Waals surface area contributed by atoms with Crippen molar-refractivity contribution in [2.24, 2.45) is 0 Å². The third-order valence-electron chi connectivity index (χ3n) is 7.05. The van der Waals surface area contributed by atoms with Gasteiger partial charge in [0.2, 0.25) is 0 Å². The van der Waals surface area contributed by atoms with Crippen molar-refractivity contribution >= 4 is 18.0 Å². The standard InChI is InChI=1S/C31H34N2O4/c1-19-8-13-28(20(2)16-19)33-21(3)17-25(22(33)4)18-27-29(31(35)37-7)23(5)32(30(27)34)15-14-24-9-11-26(36-6)12-10-24/h8-13,16-18H,14-15H2,1-7H3/b27-18-. The fourth-order valence-corrected chi connectivity index (χ4v) is 5.05. The van der Waals surface area contributed by atoms with E-state index in [4.69, 9.17) is 9.47 Å². The zero-order chi connectivity index (χ0) is 26.9. The molecule has 192 valence electrons. The Morgan fingerprint density at radius 3 is 2.27 bits per heavy atom. The summed E-state index contributed by atoms with van der Waals surface area (Å²) in [6, 6.07) is 16.2. The Bertz CT molecular complexity index is 1420. The molecule has 0 saturated carbocycles. The molecule has 3 aromatic rings. The molecule has 2 aromatic carbocycles. The quantitative estimate of drug-likeness (QED) is 0.313. The normalized spacial score (nSPS) is 14.6. The smallest absolute Gasteiger partial charge is 0.340 e. The van der Waals surface area contributed by atoms with Crippen molar-refractivity contribution in [3.05, 3.63) is 99.0 Å². The molecule has 1 aliphatic heterocycles. The Morgan fingerprint density at radius 2 is 1.65 bits per heavy atom. The van der Waals surface area contributed by atoms with Crippen molar-refractivity contribution in [3.8, 4) is 11.4 Å². The van der Waals surface area contributed by atoms with Crippen LogP contribution in [0.4, 0.5) is 0 Å². The van der Waals surface area contributed by atoms with Crippen LogP contribution in [0.5, 0.6) is 5.75 Å². The Morgan fingerprint density at radius 1 is 0.946 bits per heavy atom. The van der Waals surface area contributed by atoms with E-state index < -0.39 is 5.97 Å². The monoisotopic (exact) mass is 498 g/mol. The van der Waals surface area contributed by atoms with Gasteiger partial charge in [0.25, 0.3) is 5.91 Å². The van der Waals surface area contributed by atoms with Gasteiger partial charge < -0.3 is 18.9 Å². The first-order valence-corrected chi connectivity index (χ1v) is 12.4. The molecule has 1 amide bonds. The lowest BCUT2D eigenvalue weighted by atomic mass is 10.0. The van der Waals surface area contributed by atoms with Crippen LogP contribution in [0.25, 0.3) is 11.8 Å². The van der Waals surface area contributed by atoms with Gasteiger partial charge in [0, 0.05) is 29.3 Å². The molecule has 1 aromatic heterocycles. The molecule has 0 bridgehead atoms. The number of amides is 1. The van der Waals surface area contributed by atoms with Crippen LogP contribution in [0.1, 0.15) is 40.6 Å². The predicted octanol–water partition coefficient (Wildman–Crippen LogP) is 5.63. The Kier molecular flexibility index (Phi) is 7.39. The van der Waals surface area contributed by atoms with Crippen molar-refractivity contribution in [1.82, 2.24) is 9.47 Å². The third-order valence-corrected chi connectivity index (χ3v) is 7.05. The molecule has 37 heavy (non-hydrogen) atoms. The summed E-state index contributed by atoms with van der Waals surface area (Å²) in [5.74, 6) is 0.0867. The summed E-state index contributed by atoms with van der Waals surface area (Å²) in [5.41, 5.74) is 8.81. The molecule has 0 unspecified atom stereocenters. The molecule has 2 heterocycles. The van der Waals surface area contributed by atoms with Crippen LogP contribution in [0.3, 0.4) is 0 Å². The summed E-state index contributed by atoms with van der Waals surface area (Å²) in [7, 11) is 2.98. The Hall–Kier alpha value is -4.06. The molecule has 6 nitrogen and oxygen atoms in total. The van der Waals surface area contributed by atoms with Crippen LogP contribution in [-0.2, 0) is 20.7 Å². The maximum Gasteiger partial charge on any atom is 0.340 e. The largest absolute Gasteiger partial charge is 0.497 e. The molecule has 0 N–H and O–H groups in total. The van der Waals surface area contributed by atoms with Gasteiger partial charge in [-0.2, -0.15) is 0 Å². The number of allylic oxidation sites excluding steroid dienone is 1. The molecule has 0 radical (unpaired) electrons. The lowest BCUT2D eigenvalue weighted by Crippen LogP contribution is -2.27. The number of hydrogen-bond acceptors (Lipinski definition) is 4. The van der Waals surface area contributed by atoms with Crippen LogP contribution in [-0.4, -0.2) is 42.1 Å². The summed E-state index contributed by atoms with van der Waals surface area (Å²) in [6.45, 7) is 10.5. The van der Waals surface area contributed by atoms with E-state index >= 15 is 0 Å². The van der Waals surface area contributed by atoms with Crippen LogP contribution >= 0.6 is 0 Å². The topological polar surface area (TPSA) is 60.8 Å². The molecule has 6 heteroatoms. The third kappa shape index (κ3) is 4.96. The van der Waals surface area contributed by atoms with Gasteiger partial charge in [-0.1, -0.05) is 29.8 Å². The number of ether oxygens (including phenoxy) is 2. The zero-order valence-electron chi connectivity index (χ0n) is 22.6. The molecule has 0 saturated heterocycles. The van der Waals surface area contributed by atoms with Crippen LogP contribution in [0, 0.1) is 27.7 Å². The van der Waals surface area contributed by atoms with Gasteiger partial charge in [-0.25, -0.2) is 4.79 Å². The minimum Gasteiger partial charge on any atom is -0.497 e. The van der Waals surface area contributed by atoms with Gasteiger partial charge >= 0.3 is 5.97 Å².